The number of amides is 1. The number of hydrogen-bond donors (Lipinski definition) is 3. The smallest absolute Gasteiger partial charge is 0.224 e. The van der Waals surface area contributed by atoms with Crippen molar-refractivity contribution >= 4 is 5.91 Å². The van der Waals surface area contributed by atoms with Crippen LogP contribution < -0.4 is 10.6 Å². The molecule has 1 amide bonds. The molecule has 2 atom stereocenters. The van der Waals surface area contributed by atoms with E-state index in [-0.39, 0.29) is 11.8 Å². The lowest BCUT2D eigenvalue weighted by atomic mass is 10.1. The predicted molar refractivity (Wildman–Crippen MR) is 45.7 cm³/mol. The minimum atomic E-state index is -0.455. The summed E-state index contributed by atoms with van der Waals surface area (Å²) >= 11 is 0. The van der Waals surface area contributed by atoms with Crippen molar-refractivity contribution in [1.82, 2.24) is 10.6 Å². The maximum Gasteiger partial charge on any atom is 0.224 e. The van der Waals surface area contributed by atoms with Gasteiger partial charge in [0, 0.05) is 13.1 Å². The van der Waals surface area contributed by atoms with Crippen LogP contribution in [0.2, 0.25) is 0 Å². The highest BCUT2D eigenvalue weighted by Crippen LogP contribution is 2.06. The Morgan fingerprint density at radius 3 is 3.08 bits per heavy atom. The van der Waals surface area contributed by atoms with E-state index in [0.29, 0.717) is 6.54 Å². The number of carbonyl (C=O) groups excluding carboxylic acids is 1. The zero-order chi connectivity index (χ0) is 8.97. The number of hydrogen-bond acceptors (Lipinski definition) is 3. The standard InChI is InChI=1S/C8H16N2O2/c1-6(11)4-10-8(12)7-2-3-9-5-7/h6-7,9,11H,2-5H2,1H3,(H,10,12)/t6-,7?/m0/s1. The quantitative estimate of drug-likeness (QED) is 0.516. The van der Waals surface area contributed by atoms with E-state index in [0.717, 1.165) is 19.5 Å². The van der Waals surface area contributed by atoms with Gasteiger partial charge in [0.2, 0.25) is 5.91 Å². The zero-order valence-electron chi connectivity index (χ0n) is 7.34. The van der Waals surface area contributed by atoms with Crippen molar-refractivity contribution in [2.45, 2.75) is 19.4 Å². The normalized spacial score (nSPS) is 25.3. The second-order valence-electron chi connectivity index (χ2n) is 3.28. The van der Waals surface area contributed by atoms with E-state index in [1.54, 1.807) is 6.92 Å². The molecule has 1 aliphatic rings. The molecule has 1 aliphatic heterocycles. The fourth-order valence-electron chi connectivity index (χ4n) is 1.27. The molecule has 1 unspecified atom stereocenters. The zero-order valence-corrected chi connectivity index (χ0v) is 7.34. The first-order valence-electron chi connectivity index (χ1n) is 4.36. The van der Waals surface area contributed by atoms with E-state index in [2.05, 4.69) is 10.6 Å². The van der Waals surface area contributed by atoms with E-state index in [4.69, 9.17) is 5.11 Å². The van der Waals surface area contributed by atoms with Crippen LogP contribution in [0, 0.1) is 5.92 Å². The Bertz CT molecular complexity index is 153. The van der Waals surface area contributed by atoms with Gasteiger partial charge in [-0.05, 0) is 19.9 Å². The number of aliphatic hydroxyl groups excluding tert-OH is 1. The third-order valence-electron chi connectivity index (χ3n) is 2.00. The van der Waals surface area contributed by atoms with E-state index < -0.39 is 6.10 Å². The van der Waals surface area contributed by atoms with Gasteiger partial charge in [-0.25, -0.2) is 0 Å². The number of aliphatic hydroxyl groups is 1. The Labute approximate surface area is 72.3 Å². The molecule has 3 N–H and O–H groups in total. The molecule has 0 aromatic rings. The second kappa shape index (κ2) is 4.42. The first kappa shape index (κ1) is 9.48. The van der Waals surface area contributed by atoms with Crippen LogP contribution in [0.15, 0.2) is 0 Å². The molecule has 0 bridgehead atoms. The summed E-state index contributed by atoms with van der Waals surface area (Å²) in [6.45, 7) is 3.71. The Hall–Kier alpha value is -0.610. The lowest BCUT2D eigenvalue weighted by Crippen LogP contribution is -2.36. The minimum Gasteiger partial charge on any atom is -0.392 e. The SMILES string of the molecule is C[C@H](O)CNC(=O)C1CCNC1. The number of rotatable bonds is 3. The lowest BCUT2D eigenvalue weighted by molar-refractivity contribution is -0.124. The Balaban J connectivity index is 2.18. The van der Waals surface area contributed by atoms with Gasteiger partial charge in [-0.1, -0.05) is 0 Å². The van der Waals surface area contributed by atoms with Crippen LogP contribution in [0.4, 0.5) is 0 Å². The van der Waals surface area contributed by atoms with Gasteiger partial charge < -0.3 is 15.7 Å². The van der Waals surface area contributed by atoms with Crippen LogP contribution in [0.1, 0.15) is 13.3 Å². The first-order chi connectivity index (χ1) is 5.70. The average molecular weight is 172 g/mol. The number of carbonyl (C=O) groups is 1. The van der Waals surface area contributed by atoms with Gasteiger partial charge in [0.05, 0.1) is 12.0 Å². The highest BCUT2D eigenvalue weighted by Gasteiger charge is 2.21. The van der Waals surface area contributed by atoms with Crippen LogP contribution in [-0.4, -0.2) is 36.8 Å². The van der Waals surface area contributed by atoms with Crippen molar-refractivity contribution in [2.24, 2.45) is 5.92 Å². The fraction of sp³-hybridized carbons (Fsp3) is 0.875. The molecule has 0 spiro atoms. The van der Waals surface area contributed by atoms with Crippen LogP contribution in [0.25, 0.3) is 0 Å². The summed E-state index contributed by atoms with van der Waals surface area (Å²) in [5, 5.41) is 14.7. The summed E-state index contributed by atoms with van der Waals surface area (Å²) in [6.07, 6.45) is 0.453. The van der Waals surface area contributed by atoms with E-state index >= 15 is 0 Å². The molecule has 1 fully saturated rings. The van der Waals surface area contributed by atoms with Gasteiger partial charge in [-0.3, -0.25) is 4.79 Å². The molecule has 4 nitrogen and oxygen atoms in total. The van der Waals surface area contributed by atoms with Gasteiger partial charge in [-0.15, -0.1) is 0 Å². The maximum absolute atomic E-state index is 11.3. The molecule has 1 heterocycles. The van der Waals surface area contributed by atoms with Gasteiger partial charge >= 0.3 is 0 Å². The summed E-state index contributed by atoms with van der Waals surface area (Å²) in [7, 11) is 0. The molecule has 0 aliphatic carbocycles. The minimum absolute atomic E-state index is 0.0564. The molecule has 0 aromatic carbocycles. The summed E-state index contributed by atoms with van der Waals surface area (Å²) in [5.74, 6) is 0.157. The van der Waals surface area contributed by atoms with Gasteiger partial charge in [0.1, 0.15) is 0 Å². The number of nitrogens with one attached hydrogen (secondary N) is 2. The van der Waals surface area contributed by atoms with E-state index in [9.17, 15) is 4.79 Å². The lowest BCUT2D eigenvalue weighted by Gasteiger charge is -2.10. The molecule has 1 saturated heterocycles. The van der Waals surface area contributed by atoms with Gasteiger partial charge in [0.25, 0.3) is 0 Å². The molecule has 70 valence electrons. The van der Waals surface area contributed by atoms with Crippen LogP contribution >= 0.6 is 0 Å². The molecular formula is C8H16N2O2. The maximum atomic E-state index is 11.3. The second-order valence-corrected chi connectivity index (χ2v) is 3.28. The van der Waals surface area contributed by atoms with Crippen LogP contribution in [0.5, 0.6) is 0 Å². The average Bonchev–Trinajstić information content (AvgIpc) is 2.51. The summed E-state index contributed by atoms with van der Waals surface area (Å²) in [4.78, 5) is 11.3. The Morgan fingerprint density at radius 1 is 1.83 bits per heavy atom. The summed E-state index contributed by atoms with van der Waals surface area (Å²) in [5.41, 5.74) is 0. The van der Waals surface area contributed by atoms with Crippen molar-refractivity contribution in [1.29, 1.82) is 0 Å². The highest BCUT2D eigenvalue weighted by molar-refractivity contribution is 5.79. The van der Waals surface area contributed by atoms with E-state index in [1.807, 2.05) is 0 Å². The molecule has 4 heteroatoms. The van der Waals surface area contributed by atoms with Gasteiger partial charge in [-0.2, -0.15) is 0 Å². The third kappa shape index (κ3) is 2.79. The van der Waals surface area contributed by atoms with Crippen LogP contribution in [-0.2, 0) is 4.79 Å². The Kier molecular flexibility index (Phi) is 3.49. The third-order valence-corrected chi connectivity index (χ3v) is 2.00. The summed E-state index contributed by atoms with van der Waals surface area (Å²) in [6, 6.07) is 0. The van der Waals surface area contributed by atoms with Crippen molar-refractivity contribution in [3.63, 3.8) is 0 Å². The fourth-order valence-corrected chi connectivity index (χ4v) is 1.27. The highest BCUT2D eigenvalue weighted by atomic mass is 16.3. The molecule has 12 heavy (non-hydrogen) atoms. The summed E-state index contributed by atoms with van der Waals surface area (Å²) < 4.78 is 0. The topological polar surface area (TPSA) is 61.4 Å². The monoisotopic (exact) mass is 172 g/mol. The van der Waals surface area contributed by atoms with Crippen molar-refractivity contribution in [3.05, 3.63) is 0 Å². The Morgan fingerprint density at radius 2 is 2.58 bits per heavy atom. The van der Waals surface area contributed by atoms with Crippen LogP contribution in [0.3, 0.4) is 0 Å². The molecule has 0 radical (unpaired) electrons. The van der Waals surface area contributed by atoms with Crippen molar-refractivity contribution < 1.29 is 9.90 Å². The van der Waals surface area contributed by atoms with E-state index in [1.165, 1.54) is 0 Å². The first-order valence-corrected chi connectivity index (χ1v) is 4.36. The molecular weight excluding hydrogens is 156 g/mol. The molecule has 0 aromatic heterocycles. The van der Waals surface area contributed by atoms with Crippen molar-refractivity contribution in [3.8, 4) is 0 Å². The molecule has 1 rings (SSSR count). The van der Waals surface area contributed by atoms with Gasteiger partial charge in [0.15, 0.2) is 0 Å². The van der Waals surface area contributed by atoms with Crippen molar-refractivity contribution in [2.75, 3.05) is 19.6 Å². The largest absolute Gasteiger partial charge is 0.392 e. The predicted octanol–water partition coefficient (Wildman–Crippen LogP) is -0.907. The molecule has 0 saturated carbocycles.